The molecule has 3 rings (SSSR count). The third-order valence-corrected chi connectivity index (χ3v) is 4.87. The van der Waals surface area contributed by atoms with Crippen LogP contribution < -0.4 is 25.3 Å². The minimum Gasteiger partial charge on any atom is -0.493 e. The van der Waals surface area contributed by atoms with Crippen molar-refractivity contribution in [1.29, 1.82) is 0 Å². The average molecular weight is 530 g/mol. The summed E-state index contributed by atoms with van der Waals surface area (Å²) in [6.07, 6.45) is -3.89. The number of carbonyl (C=O) groups is 2. The first-order chi connectivity index (χ1) is 16.8. The van der Waals surface area contributed by atoms with Crippen LogP contribution in [0.1, 0.15) is 26.4 Å². The van der Waals surface area contributed by atoms with Gasteiger partial charge >= 0.3 is 6.36 Å². The van der Waals surface area contributed by atoms with E-state index >= 15 is 0 Å². The fourth-order valence-electron chi connectivity index (χ4n) is 2.96. The van der Waals surface area contributed by atoms with Crippen LogP contribution in [0.2, 0.25) is 5.02 Å². The van der Waals surface area contributed by atoms with Crippen molar-refractivity contribution in [3.8, 4) is 23.0 Å². The number of primary amides is 1. The lowest BCUT2D eigenvalue weighted by atomic mass is 10.1. The van der Waals surface area contributed by atoms with Crippen molar-refractivity contribution in [2.24, 2.45) is 10.7 Å². The van der Waals surface area contributed by atoms with Crippen molar-refractivity contribution in [2.45, 2.75) is 13.3 Å². The van der Waals surface area contributed by atoms with E-state index < -0.39 is 51.8 Å². The minimum atomic E-state index is -4.95. The maximum atomic E-state index is 14.9. The number of rotatable bonds is 6. The van der Waals surface area contributed by atoms with E-state index in [9.17, 15) is 32.4 Å². The predicted octanol–water partition coefficient (Wildman–Crippen LogP) is 4.37. The summed E-state index contributed by atoms with van der Waals surface area (Å²) < 4.78 is 67.3. The zero-order chi connectivity index (χ0) is 26.8. The number of carbonyl (C=O) groups excluding carboxylic acids is 2. The topological polar surface area (TPSA) is 125 Å². The molecule has 2 amide bonds. The van der Waals surface area contributed by atoms with E-state index in [1.807, 2.05) is 0 Å². The number of hydrogen-bond acceptors (Lipinski definition) is 6. The maximum Gasteiger partial charge on any atom is 0.573 e. The van der Waals surface area contributed by atoms with Crippen LogP contribution in [0, 0.1) is 12.7 Å². The fourth-order valence-corrected chi connectivity index (χ4v) is 3.12. The van der Waals surface area contributed by atoms with Crippen molar-refractivity contribution in [3.63, 3.8) is 0 Å². The molecule has 36 heavy (non-hydrogen) atoms. The zero-order valence-electron chi connectivity index (χ0n) is 18.4. The van der Waals surface area contributed by atoms with Crippen LogP contribution >= 0.6 is 11.6 Å². The van der Waals surface area contributed by atoms with Crippen LogP contribution in [0.4, 0.5) is 17.6 Å². The third kappa shape index (κ3) is 5.86. The number of benzene rings is 2. The number of aryl methyl sites for hydroxylation is 1. The zero-order valence-corrected chi connectivity index (χ0v) is 19.1. The van der Waals surface area contributed by atoms with Crippen LogP contribution in [0.15, 0.2) is 47.6 Å². The Morgan fingerprint density at radius 1 is 1.11 bits per heavy atom. The summed E-state index contributed by atoms with van der Waals surface area (Å²) in [5.41, 5.74) is 4.28. The standard InChI is InChI=1S/C22H16ClF4N3O6/c1-10-9-30(33)14(20(28)31)8-13(10)29-21(32)18-16(6-4-12(23)19(18)24)35-15-5-3-11(7-17(15)34-2)36-22(25,26)27/h3-9,33H,1-2H3,(H2,28,31). The van der Waals surface area contributed by atoms with E-state index in [4.69, 9.17) is 26.8 Å². The summed E-state index contributed by atoms with van der Waals surface area (Å²) >= 11 is 5.83. The molecule has 1 heterocycles. The van der Waals surface area contributed by atoms with Crippen molar-refractivity contribution < 1.29 is 46.6 Å². The van der Waals surface area contributed by atoms with Gasteiger partial charge in [0.2, 0.25) is 0 Å². The van der Waals surface area contributed by atoms with Gasteiger partial charge in [0.15, 0.2) is 17.3 Å². The summed E-state index contributed by atoms with van der Waals surface area (Å²) in [4.78, 5) is 28.3. The molecule has 0 aliphatic heterocycles. The van der Waals surface area contributed by atoms with Crippen LogP contribution in [0.5, 0.6) is 23.0 Å². The number of alkyl halides is 3. The number of pyridine rings is 1. The number of methoxy groups -OCH3 is 1. The Morgan fingerprint density at radius 3 is 2.39 bits per heavy atom. The number of ether oxygens (including phenoxy) is 3. The number of nitrogens with two attached hydrogens (primary N) is 1. The maximum absolute atomic E-state index is 14.9. The summed E-state index contributed by atoms with van der Waals surface area (Å²) in [7, 11) is 1.14. The van der Waals surface area contributed by atoms with E-state index in [0.717, 1.165) is 49.7 Å². The average Bonchev–Trinajstić information content (AvgIpc) is 2.77. The van der Waals surface area contributed by atoms with Gasteiger partial charge in [0.05, 0.1) is 17.5 Å². The van der Waals surface area contributed by atoms with E-state index in [2.05, 4.69) is 9.73 Å². The van der Waals surface area contributed by atoms with Crippen LogP contribution in [-0.2, 0) is 0 Å². The highest BCUT2D eigenvalue weighted by Crippen LogP contribution is 2.38. The molecule has 0 unspecified atom stereocenters. The van der Waals surface area contributed by atoms with E-state index in [1.54, 1.807) is 0 Å². The molecule has 0 aliphatic rings. The number of hydrogen-bond donors (Lipinski definition) is 2. The van der Waals surface area contributed by atoms with Gasteiger partial charge in [0.25, 0.3) is 11.8 Å². The Kier molecular flexibility index (Phi) is 7.43. The lowest BCUT2D eigenvalue weighted by Crippen LogP contribution is -2.23. The second kappa shape index (κ2) is 10.2. The molecule has 1 aromatic heterocycles. The van der Waals surface area contributed by atoms with Crippen LogP contribution in [0.3, 0.4) is 0 Å². The van der Waals surface area contributed by atoms with Gasteiger partial charge in [-0.1, -0.05) is 11.6 Å². The van der Waals surface area contributed by atoms with Crippen LogP contribution in [-0.4, -0.2) is 35.2 Å². The Morgan fingerprint density at radius 2 is 1.78 bits per heavy atom. The first kappa shape index (κ1) is 26.3. The lowest BCUT2D eigenvalue weighted by molar-refractivity contribution is -0.274. The van der Waals surface area contributed by atoms with E-state index in [0.29, 0.717) is 4.73 Å². The second-order valence-electron chi connectivity index (χ2n) is 7.05. The molecular formula is C22H16ClF4N3O6. The van der Waals surface area contributed by atoms with Crippen molar-refractivity contribution in [2.75, 3.05) is 7.11 Å². The van der Waals surface area contributed by atoms with Gasteiger partial charge in [-0.3, -0.25) is 9.59 Å². The van der Waals surface area contributed by atoms with Crippen molar-refractivity contribution in [1.82, 2.24) is 4.73 Å². The SMILES string of the molecule is COc1cc(OC(F)(F)F)ccc1Oc1ccc(Cl)c(F)c1C(=O)N=c1cc(C(N)=O)n(O)cc1C. The molecule has 0 saturated carbocycles. The molecular weight excluding hydrogens is 514 g/mol. The van der Waals surface area contributed by atoms with Crippen molar-refractivity contribution >= 4 is 23.4 Å². The van der Waals surface area contributed by atoms with Crippen LogP contribution in [0.25, 0.3) is 0 Å². The smallest absolute Gasteiger partial charge is 0.493 e. The minimum absolute atomic E-state index is 0.115. The monoisotopic (exact) mass is 529 g/mol. The Labute approximate surface area is 204 Å². The molecule has 2 aromatic carbocycles. The molecule has 0 atom stereocenters. The Bertz CT molecular complexity index is 1420. The molecule has 3 N–H and O–H groups in total. The first-order valence-corrected chi connectivity index (χ1v) is 10.1. The number of nitrogens with zero attached hydrogens (tertiary/aromatic N) is 2. The van der Waals surface area contributed by atoms with E-state index in [1.165, 1.54) is 6.92 Å². The molecule has 0 fully saturated rings. The predicted molar refractivity (Wildman–Crippen MR) is 116 cm³/mol. The molecule has 0 spiro atoms. The molecule has 0 saturated heterocycles. The number of aromatic nitrogens is 1. The van der Waals surface area contributed by atoms with Gasteiger partial charge in [-0.15, -0.1) is 13.2 Å². The highest BCUT2D eigenvalue weighted by molar-refractivity contribution is 6.31. The number of halogens is 5. The first-order valence-electron chi connectivity index (χ1n) is 9.71. The molecule has 0 radical (unpaired) electrons. The molecule has 9 nitrogen and oxygen atoms in total. The van der Waals surface area contributed by atoms with Gasteiger partial charge in [-0.2, -0.15) is 4.73 Å². The van der Waals surface area contributed by atoms with Gasteiger partial charge in [-0.25, -0.2) is 9.38 Å². The van der Waals surface area contributed by atoms with E-state index in [-0.39, 0.29) is 22.4 Å². The van der Waals surface area contributed by atoms with Crippen molar-refractivity contribution in [3.05, 3.63) is 75.6 Å². The Balaban J connectivity index is 2.08. The van der Waals surface area contributed by atoms with Gasteiger partial charge in [0.1, 0.15) is 22.8 Å². The second-order valence-corrected chi connectivity index (χ2v) is 7.46. The van der Waals surface area contributed by atoms with Gasteiger partial charge in [0, 0.05) is 12.3 Å². The highest BCUT2D eigenvalue weighted by atomic mass is 35.5. The normalized spacial score (nSPS) is 11.8. The summed E-state index contributed by atoms with van der Waals surface area (Å²) in [6, 6.07) is 6.10. The Hall–Kier alpha value is -4.26. The molecule has 14 heteroatoms. The molecule has 3 aromatic rings. The van der Waals surface area contributed by atoms with Gasteiger partial charge < -0.3 is 25.2 Å². The summed E-state index contributed by atoms with van der Waals surface area (Å²) in [5.74, 6) is -4.81. The molecule has 0 bridgehead atoms. The summed E-state index contributed by atoms with van der Waals surface area (Å²) in [5, 5.41) is 9.20. The largest absolute Gasteiger partial charge is 0.573 e. The molecule has 190 valence electrons. The molecule has 0 aliphatic carbocycles. The van der Waals surface area contributed by atoms with Gasteiger partial charge in [-0.05, 0) is 42.8 Å². The quantitative estimate of drug-likeness (QED) is 0.361. The third-order valence-electron chi connectivity index (χ3n) is 4.57. The summed E-state index contributed by atoms with van der Waals surface area (Å²) in [6.45, 7) is 1.45. The fraction of sp³-hybridized carbons (Fsp3) is 0.136. The number of amides is 2. The highest BCUT2D eigenvalue weighted by Gasteiger charge is 2.31. The lowest BCUT2D eigenvalue weighted by Gasteiger charge is -2.15.